The third-order valence-electron chi connectivity index (χ3n) is 5.00. The van der Waals surface area contributed by atoms with E-state index >= 15 is 0 Å². The second-order valence-corrected chi connectivity index (χ2v) is 6.56. The van der Waals surface area contributed by atoms with Gasteiger partial charge in [-0.3, -0.25) is 0 Å². The van der Waals surface area contributed by atoms with Crippen LogP contribution in [0.4, 0.5) is 0 Å². The molecule has 2 unspecified atom stereocenters. The number of nitrogens with one attached hydrogen (secondary N) is 1. The van der Waals surface area contributed by atoms with Crippen molar-refractivity contribution in [3.05, 3.63) is 35.4 Å². The molecule has 1 heteroatoms. The molecule has 1 N–H and O–H groups in total. The van der Waals surface area contributed by atoms with Crippen LogP contribution in [-0.4, -0.2) is 12.6 Å². The fourth-order valence-electron chi connectivity index (χ4n) is 3.86. The highest BCUT2D eigenvalue weighted by atomic mass is 14.9. The van der Waals surface area contributed by atoms with Crippen molar-refractivity contribution in [2.45, 2.75) is 83.6 Å². The number of benzene rings is 1. The van der Waals surface area contributed by atoms with Crippen molar-refractivity contribution in [2.75, 3.05) is 6.54 Å². The number of likely N-dealkylation sites (N-methyl/N-ethyl adjacent to an activating group) is 1. The minimum Gasteiger partial charge on any atom is -0.314 e. The molecular weight excluding hydrogens is 254 g/mol. The van der Waals surface area contributed by atoms with Gasteiger partial charge in [0.1, 0.15) is 0 Å². The number of hydrogen-bond acceptors (Lipinski definition) is 1. The van der Waals surface area contributed by atoms with Crippen LogP contribution in [0.25, 0.3) is 0 Å². The van der Waals surface area contributed by atoms with Crippen LogP contribution in [0.1, 0.15) is 82.3 Å². The second-order valence-electron chi connectivity index (χ2n) is 6.56. The van der Waals surface area contributed by atoms with Crippen LogP contribution in [0.3, 0.4) is 0 Å². The molecule has 0 saturated heterocycles. The van der Waals surface area contributed by atoms with Crippen LogP contribution in [0.2, 0.25) is 0 Å². The molecule has 0 amide bonds. The molecule has 2 atom stereocenters. The molecule has 1 aromatic carbocycles. The predicted octanol–water partition coefficient (Wildman–Crippen LogP) is 5.45. The Kier molecular flexibility index (Phi) is 7.29. The Morgan fingerprint density at radius 2 is 1.81 bits per heavy atom. The van der Waals surface area contributed by atoms with E-state index in [1.807, 2.05) is 0 Å². The van der Waals surface area contributed by atoms with Gasteiger partial charge in [-0.2, -0.15) is 0 Å². The summed E-state index contributed by atoms with van der Waals surface area (Å²) < 4.78 is 0. The Hall–Kier alpha value is -0.820. The highest BCUT2D eigenvalue weighted by molar-refractivity contribution is 5.36. The Morgan fingerprint density at radius 3 is 2.62 bits per heavy atom. The monoisotopic (exact) mass is 287 g/mol. The van der Waals surface area contributed by atoms with E-state index in [-0.39, 0.29) is 0 Å². The maximum Gasteiger partial charge on any atom is 0.0136 e. The maximum atomic E-state index is 3.77. The van der Waals surface area contributed by atoms with Crippen molar-refractivity contribution in [1.29, 1.82) is 0 Å². The van der Waals surface area contributed by atoms with E-state index < -0.39 is 0 Å². The van der Waals surface area contributed by atoms with E-state index in [2.05, 4.69) is 43.4 Å². The summed E-state index contributed by atoms with van der Waals surface area (Å²) in [4.78, 5) is 0. The molecule has 0 heterocycles. The second kappa shape index (κ2) is 9.25. The molecule has 0 spiro atoms. The van der Waals surface area contributed by atoms with Gasteiger partial charge in [0.25, 0.3) is 0 Å². The van der Waals surface area contributed by atoms with Gasteiger partial charge in [-0.25, -0.2) is 0 Å². The minimum atomic E-state index is 0.685. The average molecular weight is 287 g/mol. The van der Waals surface area contributed by atoms with Crippen molar-refractivity contribution in [2.24, 2.45) is 0 Å². The lowest BCUT2D eigenvalue weighted by atomic mass is 9.89. The van der Waals surface area contributed by atoms with E-state index in [9.17, 15) is 0 Å². The Labute approximate surface area is 131 Å². The third-order valence-corrected chi connectivity index (χ3v) is 5.00. The first kappa shape index (κ1) is 16.5. The van der Waals surface area contributed by atoms with Crippen LogP contribution >= 0.6 is 0 Å². The van der Waals surface area contributed by atoms with Gasteiger partial charge in [0, 0.05) is 6.04 Å². The molecule has 0 saturated carbocycles. The highest BCUT2D eigenvalue weighted by Gasteiger charge is 2.28. The van der Waals surface area contributed by atoms with Gasteiger partial charge >= 0.3 is 0 Å². The summed E-state index contributed by atoms with van der Waals surface area (Å²) in [6.45, 7) is 5.63. The molecule has 1 nitrogen and oxygen atoms in total. The molecule has 118 valence electrons. The fraction of sp³-hybridized carbons (Fsp3) is 0.700. The number of hydrogen-bond donors (Lipinski definition) is 1. The van der Waals surface area contributed by atoms with E-state index in [0.29, 0.717) is 6.04 Å². The van der Waals surface area contributed by atoms with E-state index in [1.54, 1.807) is 11.1 Å². The summed E-state index contributed by atoms with van der Waals surface area (Å²) in [5.74, 6) is 0.747. The maximum absolute atomic E-state index is 3.77. The van der Waals surface area contributed by atoms with E-state index in [0.717, 1.165) is 12.5 Å². The van der Waals surface area contributed by atoms with Gasteiger partial charge < -0.3 is 5.32 Å². The summed E-state index contributed by atoms with van der Waals surface area (Å²) in [5.41, 5.74) is 3.21. The quantitative estimate of drug-likeness (QED) is 0.565. The SMILES string of the molecule is CCCCCCCCC(NCC)C1CCc2ccccc21. The van der Waals surface area contributed by atoms with Crippen molar-refractivity contribution in [3.63, 3.8) is 0 Å². The highest BCUT2D eigenvalue weighted by Crippen LogP contribution is 2.36. The minimum absolute atomic E-state index is 0.685. The van der Waals surface area contributed by atoms with Gasteiger partial charge in [0.05, 0.1) is 0 Å². The molecule has 1 aromatic rings. The normalized spacial score (nSPS) is 18.7. The summed E-state index contributed by atoms with van der Waals surface area (Å²) in [6, 6.07) is 9.77. The van der Waals surface area contributed by atoms with Crippen LogP contribution in [0.15, 0.2) is 24.3 Å². The van der Waals surface area contributed by atoms with E-state index in [4.69, 9.17) is 0 Å². The molecular formula is C20H33N. The van der Waals surface area contributed by atoms with Gasteiger partial charge in [-0.05, 0) is 42.9 Å². The van der Waals surface area contributed by atoms with Gasteiger partial charge in [-0.1, -0.05) is 76.6 Å². The molecule has 0 radical (unpaired) electrons. The van der Waals surface area contributed by atoms with Crippen molar-refractivity contribution in [1.82, 2.24) is 5.32 Å². The Balaban J connectivity index is 1.82. The van der Waals surface area contributed by atoms with Crippen LogP contribution in [-0.2, 0) is 6.42 Å². The molecule has 21 heavy (non-hydrogen) atoms. The molecule has 0 fully saturated rings. The van der Waals surface area contributed by atoms with Gasteiger partial charge in [-0.15, -0.1) is 0 Å². The van der Waals surface area contributed by atoms with Crippen molar-refractivity contribution < 1.29 is 0 Å². The lowest BCUT2D eigenvalue weighted by Crippen LogP contribution is -2.34. The Morgan fingerprint density at radius 1 is 1.05 bits per heavy atom. The molecule has 1 aliphatic carbocycles. The molecule has 0 aliphatic heterocycles. The molecule has 0 aromatic heterocycles. The number of aryl methyl sites for hydroxylation is 1. The van der Waals surface area contributed by atoms with Crippen molar-refractivity contribution in [3.8, 4) is 0 Å². The fourth-order valence-corrected chi connectivity index (χ4v) is 3.86. The van der Waals surface area contributed by atoms with Crippen LogP contribution in [0, 0.1) is 0 Å². The molecule has 0 bridgehead atoms. The van der Waals surface area contributed by atoms with Gasteiger partial charge in [0.15, 0.2) is 0 Å². The smallest absolute Gasteiger partial charge is 0.0136 e. The summed E-state index contributed by atoms with van der Waals surface area (Å²) in [5, 5.41) is 3.77. The zero-order valence-corrected chi connectivity index (χ0v) is 14.0. The first-order chi connectivity index (χ1) is 10.4. The lowest BCUT2D eigenvalue weighted by molar-refractivity contribution is 0.396. The number of unbranched alkanes of at least 4 members (excludes halogenated alkanes) is 5. The largest absolute Gasteiger partial charge is 0.314 e. The first-order valence-corrected chi connectivity index (χ1v) is 9.18. The van der Waals surface area contributed by atoms with E-state index in [1.165, 1.54) is 57.8 Å². The molecule has 2 rings (SSSR count). The van der Waals surface area contributed by atoms with Crippen LogP contribution < -0.4 is 5.32 Å². The first-order valence-electron chi connectivity index (χ1n) is 9.18. The Bertz CT molecular complexity index is 399. The van der Waals surface area contributed by atoms with Crippen LogP contribution in [0.5, 0.6) is 0 Å². The summed E-state index contributed by atoms with van der Waals surface area (Å²) in [7, 11) is 0. The lowest BCUT2D eigenvalue weighted by Gasteiger charge is -2.25. The van der Waals surface area contributed by atoms with Gasteiger partial charge in [0.2, 0.25) is 0 Å². The average Bonchev–Trinajstić information content (AvgIpc) is 2.93. The summed E-state index contributed by atoms with van der Waals surface area (Å²) in [6.07, 6.45) is 12.4. The standard InChI is InChI=1S/C20H33N/c1-3-5-6-7-8-9-14-20(21-4-2)19-16-15-17-12-10-11-13-18(17)19/h10-13,19-21H,3-9,14-16H2,1-2H3. The summed E-state index contributed by atoms with van der Waals surface area (Å²) >= 11 is 0. The predicted molar refractivity (Wildman–Crippen MR) is 93.0 cm³/mol. The number of rotatable bonds is 10. The topological polar surface area (TPSA) is 12.0 Å². The number of fused-ring (bicyclic) bond motifs is 1. The molecule has 1 aliphatic rings. The van der Waals surface area contributed by atoms with Crippen molar-refractivity contribution >= 4 is 0 Å². The third kappa shape index (κ3) is 4.85. The zero-order chi connectivity index (χ0) is 14.9. The zero-order valence-electron chi connectivity index (χ0n) is 14.0.